The summed E-state index contributed by atoms with van der Waals surface area (Å²) in [6.45, 7) is -0.183. The van der Waals surface area contributed by atoms with E-state index in [0.29, 0.717) is 5.56 Å². The molecule has 0 saturated heterocycles. The Kier molecular flexibility index (Phi) is 5.42. The van der Waals surface area contributed by atoms with Crippen LogP contribution in [0.5, 0.6) is 0 Å². The van der Waals surface area contributed by atoms with Crippen molar-refractivity contribution in [1.82, 2.24) is 5.32 Å². The van der Waals surface area contributed by atoms with E-state index in [9.17, 15) is 23.5 Å². The minimum Gasteiger partial charge on any atom is -0.387 e. The molecule has 0 fully saturated rings. The highest BCUT2D eigenvalue weighted by Gasteiger charge is 2.17. The number of halogens is 2. The van der Waals surface area contributed by atoms with Crippen LogP contribution in [0.3, 0.4) is 0 Å². The lowest BCUT2D eigenvalue weighted by Gasteiger charge is -2.14. The van der Waals surface area contributed by atoms with E-state index in [1.807, 2.05) is 30.3 Å². The summed E-state index contributed by atoms with van der Waals surface area (Å²) in [4.78, 5) is 23.7. The van der Waals surface area contributed by atoms with E-state index in [0.717, 1.165) is 29.0 Å². The Bertz CT molecular complexity index is 1000. The van der Waals surface area contributed by atoms with E-state index in [1.165, 1.54) is 0 Å². The second-order valence-electron chi connectivity index (χ2n) is 5.88. The van der Waals surface area contributed by atoms with Gasteiger partial charge in [0.15, 0.2) is 11.6 Å². The molecule has 0 aliphatic carbocycles. The average molecular weight is 370 g/mol. The van der Waals surface area contributed by atoms with Crippen molar-refractivity contribution in [2.24, 2.45) is 0 Å². The quantitative estimate of drug-likeness (QED) is 0.618. The molecule has 0 aliphatic heterocycles. The largest absolute Gasteiger partial charge is 0.387 e. The first-order valence-electron chi connectivity index (χ1n) is 8.15. The van der Waals surface area contributed by atoms with Crippen LogP contribution in [0.25, 0.3) is 10.8 Å². The van der Waals surface area contributed by atoms with Crippen LogP contribution >= 0.6 is 0 Å². The van der Waals surface area contributed by atoms with E-state index >= 15 is 0 Å². The van der Waals surface area contributed by atoms with E-state index in [-0.39, 0.29) is 12.2 Å². The molecule has 1 unspecified atom stereocenters. The van der Waals surface area contributed by atoms with Gasteiger partial charge >= 0.3 is 11.8 Å². The number of hydrogen-bond donors (Lipinski definition) is 3. The van der Waals surface area contributed by atoms with Crippen LogP contribution in [-0.4, -0.2) is 23.5 Å². The molecule has 2 amide bonds. The number of aliphatic hydroxyl groups is 1. The predicted molar refractivity (Wildman–Crippen MR) is 96.9 cm³/mol. The fourth-order valence-electron chi connectivity index (χ4n) is 2.68. The Balaban J connectivity index is 1.62. The van der Waals surface area contributed by atoms with E-state index in [1.54, 1.807) is 12.1 Å². The lowest BCUT2D eigenvalue weighted by Crippen LogP contribution is -2.37. The number of nitrogens with one attached hydrogen (secondary N) is 2. The van der Waals surface area contributed by atoms with Crippen LogP contribution in [0.4, 0.5) is 14.5 Å². The van der Waals surface area contributed by atoms with Crippen LogP contribution in [0, 0.1) is 11.6 Å². The third-order valence-electron chi connectivity index (χ3n) is 4.02. The number of aliphatic hydroxyl groups excluding tert-OH is 1. The van der Waals surface area contributed by atoms with Gasteiger partial charge < -0.3 is 15.7 Å². The van der Waals surface area contributed by atoms with Gasteiger partial charge in [-0.3, -0.25) is 9.59 Å². The third-order valence-corrected chi connectivity index (χ3v) is 4.02. The summed E-state index contributed by atoms with van der Waals surface area (Å²) in [6, 6.07) is 15.6. The highest BCUT2D eigenvalue weighted by atomic mass is 19.2. The van der Waals surface area contributed by atoms with Crippen LogP contribution in [0.1, 0.15) is 11.7 Å². The molecule has 3 rings (SSSR count). The first kappa shape index (κ1) is 18.5. The number of hydrogen-bond acceptors (Lipinski definition) is 3. The van der Waals surface area contributed by atoms with Gasteiger partial charge in [-0.1, -0.05) is 42.5 Å². The van der Waals surface area contributed by atoms with Crippen LogP contribution in [0.2, 0.25) is 0 Å². The molecule has 0 spiro atoms. The van der Waals surface area contributed by atoms with Crippen molar-refractivity contribution in [2.45, 2.75) is 6.10 Å². The maximum atomic E-state index is 13.1. The molecule has 0 heterocycles. The molecule has 0 saturated carbocycles. The summed E-state index contributed by atoms with van der Waals surface area (Å²) in [5, 5.41) is 16.6. The summed E-state index contributed by atoms with van der Waals surface area (Å²) < 4.78 is 26.0. The molecule has 3 N–H and O–H groups in total. The lowest BCUT2D eigenvalue weighted by atomic mass is 10.0. The van der Waals surface area contributed by atoms with E-state index in [4.69, 9.17) is 0 Å². The number of benzene rings is 3. The minimum absolute atomic E-state index is 0.0522. The highest BCUT2D eigenvalue weighted by molar-refractivity contribution is 6.39. The first-order chi connectivity index (χ1) is 13.0. The standard InChI is InChI=1S/C20H16F2N2O3/c21-16-9-8-13(10-17(16)22)24-20(27)19(26)23-11-18(25)15-7-3-5-12-4-1-2-6-14(12)15/h1-10,18,25H,11H2,(H,23,26)(H,24,27). The summed E-state index contributed by atoms with van der Waals surface area (Å²) in [6.07, 6.45) is -1.02. The zero-order chi connectivity index (χ0) is 19.4. The van der Waals surface area contributed by atoms with Crippen LogP contribution < -0.4 is 10.6 Å². The Labute approximate surface area is 153 Å². The van der Waals surface area contributed by atoms with E-state index in [2.05, 4.69) is 10.6 Å². The molecule has 7 heteroatoms. The van der Waals surface area contributed by atoms with Gasteiger partial charge in [0.2, 0.25) is 0 Å². The Morgan fingerprint density at radius 2 is 1.67 bits per heavy atom. The van der Waals surface area contributed by atoms with Gasteiger partial charge in [0.1, 0.15) is 0 Å². The SMILES string of the molecule is O=C(NCC(O)c1cccc2ccccc12)C(=O)Nc1ccc(F)c(F)c1. The second kappa shape index (κ2) is 7.92. The van der Waals surface area contributed by atoms with Gasteiger partial charge in [0, 0.05) is 18.3 Å². The van der Waals surface area contributed by atoms with Crippen molar-refractivity contribution in [1.29, 1.82) is 0 Å². The van der Waals surface area contributed by atoms with Gasteiger partial charge in [0.05, 0.1) is 6.10 Å². The number of amides is 2. The topological polar surface area (TPSA) is 78.4 Å². The predicted octanol–water partition coefficient (Wildman–Crippen LogP) is 2.91. The maximum absolute atomic E-state index is 13.1. The van der Waals surface area contributed by atoms with Crippen molar-refractivity contribution >= 4 is 28.3 Å². The van der Waals surface area contributed by atoms with Crippen LogP contribution in [-0.2, 0) is 9.59 Å². The first-order valence-corrected chi connectivity index (χ1v) is 8.15. The van der Waals surface area contributed by atoms with Crippen molar-refractivity contribution in [2.75, 3.05) is 11.9 Å². The monoisotopic (exact) mass is 370 g/mol. The van der Waals surface area contributed by atoms with E-state index < -0.39 is 29.6 Å². The van der Waals surface area contributed by atoms with Gasteiger partial charge in [-0.25, -0.2) is 8.78 Å². The van der Waals surface area contributed by atoms with Crippen LogP contribution in [0.15, 0.2) is 60.7 Å². The van der Waals surface area contributed by atoms with Crippen molar-refractivity contribution in [3.05, 3.63) is 77.9 Å². The zero-order valence-corrected chi connectivity index (χ0v) is 14.1. The molecule has 0 bridgehead atoms. The Morgan fingerprint density at radius 1 is 0.926 bits per heavy atom. The zero-order valence-electron chi connectivity index (χ0n) is 14.1. The Morgan fingerprint density at radius 3 is 2.44 bits per heavy atom. The smallest absolute Gasteiger partial charge is 0.313 e. The number of rotatable bonds is 4. The summed E-state index contributed by atoms with van der Waals surface area (Å²) >= 11 is 0. The normalized spacial score (nSPS) is 11.8. The van der Waals surface area contributed by atoms with Gasteiger partial charge in [-0.05, 0) is 28.5 Å². The molecular weight excluding hydrogens is 354 g/mol. The summed E-state index contributed by atoms with van der Waals surface area (Å²) in [5.41, 5.74) is 0.568. The number of anilines is 1. The van der Waals surface area contributed by atoms with Crippen molar-refractivity contribution in [3.8, 4) is 0 Å². The van der Waals surface area contributed by atoms with Gasteiger partial charge in [0.25, 0.3) is 0 Å². The maximum Gasteiger partial charge on any atom is 0.313 e. The summed E-state index contributed by atoms with van der Waals surface area (Å²) in [7, 11) is 0. The molecule has 27 heavy (non-hydrogen) atoms. The van der Waals surface area contributed by atoms with Gasteiger partial charge in [-0.2, -0.15) is 0 Å². The average Bonchev–Trinajstić information content (AvgIpc) is 2.68. The molecule has 138 valence electrons. The molecule has 3 aromatic rings. The molecule has 0 aliphatic rings. The molecule has 3 aromatic carbocycles. The molecule has 0 radical (unpaired) electrons. The number of carbonyl (C=O) groups excluding carboxylic acids is 2. The van der Waals surface area contributed by atoms with Crippen molar-refractivity contribution < 1.29 is 23.5 Å². The number of fused-ring (bicyclic) bond motifs is 1. The third kappa shape index (κ3) is 4.27. The minimum atomic E-state index is -1.14. The molecular formula is C20H16F2N2O3. The lowest BCUT2D eigenvalue weighted by molar-refractivity contribution is -0.136. The van der Waals surface area contributed by atoms with Crippen molar-refractivity contribution in [3.63, 3.8) is 0 Å². The molecule has 1 atom stereocenters. The summed E-state index contributed by atoms with van der Waals surface area (Å²) in [5.74, 6) is -4.25. The number of carbonyl (C=O) groups is 2. The Hall–Kier alpha value is -3.32. The fourth-order valence-corrected chi connectivity index (χ4v) is 2.68. The second-order valence-corrected chi connectivity index (χ2v) is 5.88. The fraction of sp³-hybridized carbons (Fsp3) is 0.100. The highest BCUT2D eigenvalue weighted by Crippen LogP contribution is 2.23. The van der Waals surface area contributed by atoms with Gasteiger partial charge in [-0.15, -0.1) is 0 Å². The molecule has 0 aromatic heterocycles. The molecule has 5 nitrogen and oxygen atoms in total.